The first-order chi connectivity index (χ1) is 9.74. The maximum Gasteiger partial charge on any atom is 0.199 e. The molecule has 3 rings (SSSR count). The van der Waals surface area contributed by atoms with E-state index in [1.807, 2.05) is 0 Å². The Bertz CT molecular complexity index is 746. The van der Waals surface area contributed by atoms with E-state index in [9.17, 15) is 0 Å². The molecule has 0 saturated carbocycles. The lowest BCUT2D eigenvalue weighted by atomic mass is 10.0. The average Bonchev–Trinajstić information content (AvgIpc) is 2.48. The van der Waals surface area contributed by atoms with Crippen molar-refractivity contribution in [2.75, 3.05) is 14.1 Å². The smallest absolute Gasteiger partial charge is 0.199 e. The van der Waals surface area contributed by atoms with Crippen molar-refractivity contribution in [3.05, 3.63) is 77.9 Å². The molecule has 0 heterocycles. The predicted molar refractivity (Wildman–Crippen MR) is 87.3 cm³/mol. The molecule has 0 radical (unpaired) electrons. The van der Waals surface area contributed by atoms with Gasteiger partial charge in [-0.2, -0.15) is 0 Å². The predicted octanol–water partition coefficient (Wildman–Crippen LogP) is 4.06. The van der Waals surface area contributed by atoms with Gasteiger partial charge < -0.3 is 0 Å². The molecule has 0 N–H and O–H groups in total. The highest BCUT2D eigenvalue weighted by Crippen LogP contribution is 2.22. The van der Waals surface area contributed by atoms with Crippen LogP contribution in [0.15, 0.2) is 72.3 Å². The van der Waals surface area contributed by atoms with Crippen LogP contribution in [0.4, 0.5) is 0 Å². The minimum atomic E-state index is 1.22. The van der Waals surface area contributed by atoms with E-state index in [1.54, 1.807) is 0 Å². The number of hydrogen-bond acceptors (Lipinski definition) is 0. The second-order valence-electron chi connectivity index (χ2n) is 5.20. The molecule has 1 heteroatoms. The molecule has 1 aliphatic rings. The van der Waals surface area contributed by atoms with Crippen LogP contribution < -0.4 is 0 Å². The standard InChI is InChI=1S/C19H18N/c1-20(2)18-12-10-15(11-13-18)14-17-8-5-7-16-6-3-4-9-19(16)17/h3-14H,1-2H3/q+1. The molecule has 0 atom stereocenters. The summed E-state index contributed by atoms with van der Waals surface area (Å²) in [5, 5.41) is 2.58. The summed E-state index contributed by atoms with van der Waals surface area (Å²) in [7, 11) is 4.12. The van der Waals surface area contributed by atoms with Crippen LogP contribution in [-0.2, 0) is 0 Å². The minimum Gasteiger partial charge on any atom is -0.235 e. The van der Waals surface area contributed by atoms with Gasteiger partial charge in [0.05, 0.1) is 0 Å². The highest BCUT2D eigenvalue weighted by atomic mass is 14.9. The van der Waals surface area contributed by atoms with Crippen LogP contribution >= 0.6 is 0 Å². The maximum atomic E-state index is 2.24. The molecule has 0 spiro atoms. The van der Waals surface area contributed by atoms with Crippen molar-refractivity contribution in [1.29, 1.82) is 0 Å². The Kier molecular flexibility index (Phi) is 3.34. The van der Waals surface area contributed by atoms with Crippen molar-refractivity contribution in [2.45, 2.75) is 0 Å². The van der Waals surface area contributed by atoms with E-state index >= 15 is 0 Å². The topological polar surface area (TPSA) is 3.01 Å². The number of rotatable bonds is 1. The lowest BCUT2D eigenvalue weighted by Crippen LogP contribution is -2.09. The van der Waals surface area contributed by atoms with Gasteiger partial charge in [0.2, 0.25) is 0 Å². The van der Waals surface area contributed by atoms with Crippen LogP contribution in [0.3, 0.4) is 0 Å². The first-order valence-corrected chi connectivity index (χ1v) is 6.84. The third-order valence-electron chi connectivity index (χ3n) is 3.56. The largest absolute Gasteiger partial charge is 0.235 e. The second kappa shape index (κ2) is 5.30. The highest BCUT2D eigenvalue weighted by molar-refractivity contribution is 6.03. The molecule has 0 unspecified atom stereocenters. The molecule has 0 bridgehead atoms. The lowest BCUT2D eigenvalue weighted by Gasteiger charge is -2.05. The van der Waals surface area contributed by atoms with E-state index in [1.165, 1.54) is 27.6 Å². The Balaban J connectivity index is 2.03. The van der Waals surface area contributed by atoms with Gasteiger partial charge in [-0.05, 0) is 40.1 Å². The van der Waals surface area contributed by atoms with E-state index in [-0.39, 0.29) is 0 Å². The van der Waals surface area contributed by atoms with Crippen LogP contribution in [0.2, 0.25) is 0 Å². The molecule has 1 nitrogen and oxygen atoms in total. The van der Waals surface area contributed by atoms with Crippen LogP contribution in [0.5, 0.6) is 0 Å². The first-order valence-electron chi connectivity index (χ1n) is 6.84. The summed E-state index contributed by atoms with van der Waals surface area (Å²) in [6.07, 6.45) is 10.9. The summed E-state index contributed by atoms with van der Waals surface area (Å²) < 4.78 is 2.11. The molecule has 1 aliphatic carbocycles. The first kappa shape index (κ1) is 12.6. The monoisotopic (exact) mass is 260 g/mol. The summed E-state index contributed by atoms with van der Waals surface area (Å²) >= 11 is 0. The summed E-state index contributed by atoms with van der Waals surface area (Å²) in [4.78, 5) is 0. The van der Waals surface area contributed by atoms with Gasteiger partial charge in [0.1, 0.15) is 14.1 Å². The molecule has 98 valence electrons. The summed E-state index contributed by atoms with van der Waals surface area (Å²) in [5.41, 5.74) is 3.72. The fourth-order valence-electron chi connectivity index (χ4n) is 2.42. The molecule has 0 amide bonds. The van der Waals surface area contributed by atoms with Gasteiger partial charge in [0.15, 0.2) is 5.71 Å². The quantitative estimate of drug-likeness (QED) is 0.680. The number of hydrogen-bond donors (Lipinski definition) is 0. The van der Waals surface area contributed by atoms with E-state index in [4.69, 9.17) is 0 Å². The fraction of sp³-hybridized carbons (Fsp3) is 0.105. The van der Waals surface area contributed by atoms with Gasteiger partial charge in [-0.25, -0.2) is 4.58 Å². The maximum absolute atomic E-state index is 2.24. The molecule has 2 aromatic carbocycles. The lowest BCUT2D eigenvalue weighted by molar-refractivity contribution is -0.462. The van der Waals surface area contributed by atoms with Crippen molar-refractivity contribution in [2.24, 2.45) is 0 Å². The molecule has 2 aromatic rings. The van der Waals surface area contributed by atoms with E-state index in [0.29, 0.717) is 0 Å². The zero-order chi connectivity index (χ0) is 13.9. The van der Waals surface area contributed by atoms with Gasteiger partial charge in [-0.1, -0.05) is 42.5 Å². The third kappa shape index (κ3) is 2.48. The number of fused-ring (bicyclic) bond motifs is 1. The molecule has 0 aromatic heterocycles. The van der Waals surface area contributed by atoms with Gasteiger partial charge >= 0.3 is 0 Å². The Hall–Kier alpha value is -2.41. The van der Waals surface area contributed by atoms with Crippen molar-refractivity contribution in [3.63, 3.8) is 0 Å². The summed E-state index contributed by atoms with van der Waals surface area (Å²) in [5.74, 6) is 0. The minimum absolute atomic E-state index is 1.22. The Morgan fingerprint density at radius 3 is 2.25 bits per heavy atom. The molecular formula is C19H18N+. The molecule has 0 fully saturated rings. The summed E-state index contributed by atoms with van der Waals surface area (Å²) in [6.45, 7) is 0. The Morgan fingerprint density at radius 1 is 0.800 bits per heavy atom. The van der Waals surface area contributed by atoms with Crippen LogP contribution in [0.25, 0.3) is 16.8 Å². The van der Waals surface area contributed by atoms with Gasteiger partial charge in [0.25, 0.3) is 0 Å². The van der Waals surface area contributed by atoms with Gasteiger partial charge in [-0.3, -0.25) is 0 Å². The van der Waals surface area contributed by atoms with Gasteiger partial charge in [-0.15, -0.1) is 0 Å². The molecule has 20 heavy (non-hydrogen) atoms. The zero-order valence-corrected chi connectivity index (χ0v) is 11.9. The van der Waals surface area contributed by atoms with Crippen molar-refractivity contribution in [1.82, 2.24) is 0 Å². The third-order valence-corrected chi connectivity index (χ3v) is 3.56. The van der Waals surface area contributed by atoms with Crippen molar-refractivity contribution in [3.8, 4) is 0 Å². The average molecular weight is 260 g/mol. The number of nitrogens with zero attached hydrogens (tertiary/aromatic N) is 1. The number of benzene rings is 2. The van der Waals surface area contributed by atoms with Crippen LogP contribution in [-0.4, -0.2) is 24.4 Å². The number of allylic oxidation sites excluding steroid dienone is 5. The van der Waals surface area contributed by atoms with Crippen molar-refractivity contribution >= 4 is 22.6 Å². The van der Waals surface area contributed by atoms with E-state index in [2.05, 4.69) is 91.5 Å². The van der Waals surface area contributed by atoms with Crippen LogP contribution in [0, 0.1) is 0 Å². The van der Waals surface area contributed by atoms with Crippen molar-refractivity contribution < 1.29 is 4.58 Å². The molecule has 0 saturated heterocycles. The van der Waals surface area contributed by atoms with Crippen LogP contribution in [0.1, 0.15) is 5.56 Å². The Labute approximate surface area is 119 Å². The Morgan fingerprint density at radius 2 is 1.50 bits per heavy atom. The van der Waals surface area contributed by atoms with Gasteiger partial charge in [0, 0.05) is 12.2 Å². The van der Waals surface area contributed by atoms with E-state index < -0.39 is 0 Å². The summed E-state index contributed by atoms with van der Waals surface area (Å²) in [6, 6.07) is 14.9. The highest BCUT2D eigenvalue weighted by Gasteiger charge is 2.04. The molecular weight excluding hydrogens is 242 g/mol. The second-order valence-corrected chi connectivity index (χ2v) is 5.20. The SMILES string of the molecule is C[N+](C)=C1C=CC(=Cc2cccc3ccccc23)C=C1. The normalized spacial score (nSPS) is 13.9. The van der Waals surface area contributed by atoms with E-state index in [0.717, 1.165) is 0 Å². The molecule has 0 aliphatic heterocycles. The fourth-order valence-corrected chi connectivity index (χ4v) is 2.42. The zero-order valence-electron chi connectivity index (χ0n) is 11.9.